The van der Waals surface area contributed by atoms with Crippen LogP contribution in [0.4, 0.5) is 0 Å². The van der Waals surface area contributed by atoms with Crippen molar-refractivity contribution in [3.05, 3.63) is 12.2 Å². The zero-order valence-electron chi connectivity index (χ0n) is 42.9. The summed E-state index contributed by atoms with van der Waals surface area (Å²) in [5, 5.41) is 9.75. The second-order valence-corrected chi connectivity index (χ2v) is 20.2. The van der Waals surface area contributed by atoms with Gasteiger partial charge in [0.2, 0.25) is 0 Å². The van der Waals surface area contributed by atoms with Crippen molar-refractivity contribution >= 4 is 25.7 Å². The molecule has 0 aromatic heterocycles. The molecule has 2 N–H and O–H groups in total. The van der Waals surface area contributed by atoms with Gasteiger partial charge in [0.1, 0.15) is 12.7 Å². The molecule has 0 aliphatic rings. The smallest absolute Gasteiger partial charge is 0.462 e. The summed E-state index contributed by atoms with van der Waals surface area (Å²) in [4.78, 5) is 48.3. The van der Waals surface area contributed by atoms with Crippen molar-refractivity contribution in [2.24, 2.45) is 0 Å². The summed E-state index contributed by atoms with van der Waals surface area (Å²) in [6, 6.07) is 0. The van der Waals surface area contributed by atoms with E-state index in [1.54, 1.807) is 0 Å². The second kappa shape index (κ2) is 49.6. The fourth-order valence-corrected chi connectivity index (χ4v) is 8.72. The Balaban J connectivity index is 4.65. The third-order valence-corrected chi connectivity index (χ3v) is 13.1. The van der Waals surface area contributed by atoms with Gasteiger partial charge in [0.25, 0.3) is 0 Å². The quantitative estimate of drug-likeness (QED) is 0.0197. The number of esters is 3. The first-order chi connectivity index (χ1) is 32.2. The summed E-state index contributed by atoms with van der Waals surface area (Å²) in [6.07, 6.45) is 46.1. The summed E-state index contributed by atoms with van der Waals surface area (Å²) < 4.78 is 39.4. The van der Waals surface area contributed by atoms with Crippen molar-refractivity contribution < 1.29 is 52.2 Å². The Hall–Kier alpha value is -1.78. The first-order valence-electron chi connectivity index (χ1n) is 27.6. The number of hydrogen-bond acceptors (Lipinski definition) is 10. The first kappa shape index (κ1) is 64.2. The molecule has 3 unspecified atom stereocenters. The second-order valence-electron chi connectivity index (χ2n) is 18.8. The van der Waals surface area contributed by atoms with Crippen LogP contribution < -0.4 is 0 Å². The lowest BCUT2D eigenvalue weighted by Gasteiger charge is -2.21. The number of aliphatic hydroxyl groups is 1. The summed E-state index contributed by atoms with van der Waals surface area (Å²) in [7, 11) is -4.73. The molecular weight excluding hydrogens is 856 g/mol. The molecule has 0 aliphatic heterocycles. The number of rotatable bonds is 52. The number of allylic oxidation sites excluding steroid dienone is 2. The lowest BCUT2D eigenvalue weighted by atomic mass is 10.1. The third-order valence-electron chi connectivity index (χ3n) is 12.2. The summed E-state index contributed by atoms with van der Waals surface area (Å²) in [5.41, 5.74) is 0. The van der Waals surface area contributed by atoms with Crippen molar-refractivity contribution in [3.63, 3.8) is 0 Å². The van der Waals surface area contributed by atoms with Gasteiger partial charge >= 0.3 is 25.7 Å². The molecule has 0 bridgehead atoms. The van der Waals surface area contributed by atoms with Gasteiger partial charge < -0.3 is 24.2 Å². The van der Waals surface area contributed by atoms with Crippen LogP contribution in [0.1, 0.15) is 278 Å². The Morgan fingerprint density at radius 3 is 1.05 bits per heavy atom. The van der Waals surface area contributed by atoms with Crippen LogP contribution in [0, 0.1) is 0 Å². The zero-order chi connectivity index (χ0) is 48.4. The molecule has 66 heavy (non-hydrogen) atoms. The topological polar surface area (TPSA) is 155 Å². The normalized spacial score (nSPS) is 13.5. The van der Waals surface area contributed by atoms with Crippen molar-refractivity contribution in [3.8, 4) is 0 Å². The van der Waals surface area contributed by atoms with Gasteiger partial charge in [-0.3, -0.25) is 23.4 Å². The highest BCUT2D eigenvalue weighted by Crippen LogP contribution is 2.43. The lowest BCUT2D eigenvalue weighted by Crippen LogP contribution is -2.30. The van der Waals surface area contributed by atoms with Crippen LogP contribution in [0.2, 0.25) is 0 Å². The minimum Gasteiger partial charge on any atom is -0.462 e. The highest BCUT2D eigenvalue weighted by atomic mass is 31.2. The van der Waals surface area contributed by atoms with Gasteiger partial charge in [-0.1, -0.05) is 226 Å². The van der Waals surface area contributed by atoms with E-state index in [0.717, 1.165) is 57.8 Å². The molecule has 0 radical (unpaired) electrons. The van der Waals surface area contributed by atoms with Crippen molar-refractivity contribution in [1.82, 2.24) is 0 Å². The molecule has 3 atom stereocenters. The largest absolute Gasteiger partial charge is 0.472 e. The Kier molecular flexibility index (Phi) is 48.3. The number of phosphoric ester groups is 1. The number of carbonyl (C=O) groups excluding carboxylic acids is 3. The van der Waals surface area contributed by atoms with E-state index >= 15 is 0 Å². The molecule has 0 saturated heterocycles. The maximum absolute atomic E-state index is 12.9. The lowest BCUT2D eigenvalue weighted by molar-refractivity contribution is -0.161. The molecule has 0 aliphatic carbocycles. The summed E-state index contributed by atoms with van der Waals surface area (Å²) in [5.74, 6) is -1.45. The van der Waals surface area contributed by atoms with E-state index in [-0.39, 0.29) is 25.9 Å². The van der Waals surface area contributed by atoms with E-state index in [9.17, 15) is 28.9 Å². The van der Waals surface area contributed by atoms with Gasteiger partial charge in [-0.15, -0.1) is 0 Å². The van der Waals surface area contributed by atoms with Crippen LogP contribution >= 0.6 is 7.82 Å². The highest BCUT2D eigenvalue weighted by molar-refractivity contribution is 7.47. The molecule has 12 heteroatoms. The zero-order valence-corrected chi connectivity index (χ0v) is 43.8. The van der Waals surface area contributed by atoms with Crippen molar-refractivity contribution in [2.45, 2.75) is 290 Å². The van der Waals surface area contributed by atoms with Gasteiger partial charge in [-0.05, 0) is 44.9 Å². The fourth-order valence-electron chi connectivity index (χ4n) is 7.94. The average molecular weight is 959 g/mol. The predicted octanol–water partition coefficient (Wildman–Crippen LogP) is 15.7. The number of aliphatic hydroxyl groups excluding tert-OH is 1. The van der Waals surface area contributed by atoms with Crippen LogP contribution in [0.3, 0.4) is 0 Å². The highest BCUT2D eigenvalue weighted by Gasteiger charge is 2.28. The van der Waals surface area contributed by atoms with Crippen LogP contribution in [0.25, 0.3) is 0 Å². The number of phosphoric acid groups is 1. The Morgan fingerprint density at radius 1 is 0.409 bits per heavy atom. The monoisotopic (exact) mass is 959 g/mol. The van der Waals surface area contributed by atoms with Gasteiger partial charge in [0.15, 0.2) is 6.10 Å². The molecule has 0 amide bonds. The SMILES string of the molecule is CCCCCCCC/C=C\CCCCCCCCCCCC(=O)OC(COC(=O)CCCCCCCCCCCCC)COP(=O)(O)OCC(CO)OC(=O)CCCCCCCCCCC. The van der Waals surface area contributed by atoms with E-state index in [1.807, 2.05) is 0 Å². The summed E-state index contributed by atoms with van der Waals surface area (Å²) >= 11 is 0. The van der Waals surface area contributed by atoms with Crippen molar-refractivity contribution in [2.75, 3.05) is 26.4 Å². The molecular formula is C54H103O11P. The standard InChI is InChI=1S/C54H103O11P/c1-4-7-10-13-16-19-21-22-23-24-25-26-27-28-30-33-36-39-42-45-54(58)65-51(47-61-52(56)43-40-37-34-32-29-20-17-14-11-8-5-2)49-63-66(59,60)62-48-50(46-55)64-53(57)44-41-38-35-31-18-15-12-9-6-3/h22-23,50-51,55H,4-21,24-49H2,1-3H3,(H,59,60)/b23-22-. The predicted molar refractivity (Wildman–Crippen MR) is 270 cm³/mol. The molecule has 390 valence electrons. The maximum Gasteiger partial charge on any atom is 0.472 e. The van der Waals surface area contributed by atoms with Crippen LogP contribution in [0.15, 0.2) is 12.2 Å². The molecule has 11 nitrogen and oxygen atoms in total. The number of carbonyl (C=O) groups is 3. The molecule has 0 rings (SSSR count). The van der Waals surface area contributed by atoms with E-state index < -0.39 is 57.8 Å². The molecule has 0 aromatic rings. The minimum atomic E-state index is -4.73. The van der Waals surface area contributed by atoms with Gasteiger partial charge in [-0.25, -0.2) is 4.57 Å². The van der Waals surface area contributed by atoms with Crippen LogP contribution in [-0.2, 0) is 42.2 Å². The van der Waals surface area contributed by atoms with E-state index in [0.29, 0.717) is 19.3 Å². The molecule has 0 spiro atoms. The Morgan fingerprint density at radius 2 is 0.697 bits per heavy atom. The van der Waals surface area contributed by atoms with Gasteiger partial charge in [0, 0.05) is 19.3 Å². The van der Waals surface area contributed by atoms with Crippen molar-refractivity contribution in [1.29, 1.82) is 0 Å². The minimum absolute atomic E-state index is 0.172. The van der Waals surface area contributed by atoms with Crippen LogP contribution in [-0.4, -0.2) is 66.5 Å². The van der Waals surface area contributed by atoms with E-state index in [2.05, 4.69) is 32.9 Å². The van der Waals surface area contributed by atoms with Crippen LogP contribution in [0.5, 0.6) is 0 Å². The first-order valence-corrected chi connectivity index (χ1v) is 29.1. The van der Waals surface area contributed by atoms with E-state index in [1.165, 1.54) is 161 Å². The molecule has 0 heterocycles. The van der Waals surface area contributed by atoms with Gasteiger partial charge in [-0.2, -0.15) is 0 Å². The molecule has 0 aromatic carbocycles. The average Bonchev–Trinajstić information content (AvgIpc) is 3.30. The van der Waals surface area contributed by atoms with E-state index in [4.69, 9.17) is 23.3 Å². The fraction of sp³-hybridized carbons (Fsp3) is 0.907. The summed E-state index contributed by atoms with van der Waals surface area (Å²) in [6.45, 7) is 4.64. The molecule has 0 saturated carbocycles. The number of ether oxygens (including phenoxy) is 3. The van der Waals surface area contributed by atoms with Gasteiger partial charge in [0.05, 0.1) is 19.8 Å². The Labute approximate surface area is 405 Å². The molecule has 0 fully saturated rings. The Bertz CT molecular complexity index is 1160. The third kappa shape index (κ3) is 47.3. The number of unbranched alkanes of at least 4 members (excludes halogenated alkanes) is 33. The maximum atomic E-state index is 12.9. The number of hydrogen-bond donors (Lipinski definition) is 2.